The predicted octanol–water partition coefficient (Wildman–Crippen LogP) is 4.53. The fourth-order valence-electron chi connectivity index (χ4n) is 3.75. The molecule has 1 aromatic heterocycles. The van der Waals surface area contributed by atoms with Crippen molar-refractivity contribution in [1.29, 1.82) is 0 Å². The van der Waals surface area contributed by atoms with Crippen molar-refractivity contribution in [3.05, 3.63) is 47.7 Å². The van der Waals surface area contributed by atoms with Gasteiger partial charge in [-0.15, -0.1) is 0 Å². The molecule has 0 aliphatic heterocycles. The number of nitrogens with zero attached hydrogens (tertiary/aromatic N) is 1. The lowest BCUT2D eigenvalue weighted by Gasteiger charge is -2.14. The molecule has 2 N–H and O–H groups in total. The van der Waals surface area contributed by atoms with E-state index in [1.54, 1.807) is 39.4 Å². The number of ether oxygens (including phenoxy) is 3. The average molecular weight is 471 g/mol. The van der Waals surface area contributed by atoms with Crippen LogP contribution in [0.2, 0.25) is 0 Å². The largest absolute Gasteiger partial charge is 0.496 e. The number of rotatable bonds is 11. The number of aromatic nitrogens is 1. The maximum atomic E-state index is 12.7. The number of thioether (sulfide) groups is 1. The zero-order valence-corrected chi connectivity index (χ0v) is 20.5. The summed E-state index contributed by atoms with van der Waals surface area (Å²) in [5, 5.41) is 4.24. The molecule has 1 atom stereocenters. The molecule has 8 heteroatoms. The molecule has 3 aromatic rings. The van der Waals surface area contributed by atoms with E-state index in [9.17, 15) is 4.79 Å². The molecule has 0 spiro atoms. The Morgan fingerprint density at radius 1 is 1.09 bits per heavy atom. The first-order chi connectivity index (χ1) is 15.9. The molecule has 0 radical (unpaired) electrons. The monoisotopic (exact) mass is 470 g/mol. The van der Waals surface area contributed by atoms with Gasteiger partial charge in [-0.25, -0.2) is 0 Å². The van der Waals surface area contributed by atoms with Gasteiger partial charge in [-0.1, -0.05) is 11.2 Å². The SMILES string of the molecule is COc1ccc(-c2conc2-c2cc(C)c(OC)c(OC)c2)cc1CC(=O)C(N)CCSC. The fraction of sp³-hybridized carbons (Fsp3) is 0.360. The molecule has 2 aromatic carbocycles. The molecular formula is C25H30N2O5S. The number of hydrogen-bond acceptors (Lipinski definition) is 8. The van der Waals surface area contributed by atoms with E-state index in [1.807, 2.05) is 43.5 Å². The van der Waals surface area contributed by atoms with Crippen LogP contribution < -0.4 is 19.9 Å². The van der Waals surface area contributed by atoms with Gasteiger partial charge in [0.25, 0.3) is 0 Å². The van der Waals surface area contributed by atoms with Crippen LogP contribution in [0.15, 0.2) is 41.1 Å². The summed E-state index contributed by atoms with van der Waals surface area (Å²) in [5.41, 5.74) is 10.9. The Morgan fingerprint density at radius 2 is 1.85 bits per heavy atom. The van der Waals surface area contributed by atoms with Crippen molar-refractivity contribution in [2.75, 3.05) is 33.3 Å². The topological polar surface area (TPSA) is 96.8 Å². The first-order valence-electron chi connectivity index (χ1n) is 10.5. The van der Waals surface area contributed by atoms with Crippen LogP contribution in [0.4, 0.5) is 0 Å². The summed E-state index contributed by atoms with van der Waals surface area (Å²) in [6.45, 7) is 1.95. The van der Waals surface area contributed by atoms with E-state index in [0.717, 1.165) is 33.6 Å². The molecule has 0 saturated carbocycles. The molecule has 1 heterocycles. The van der Waals surface area contributed by atoms with Crippen molar-refractivity contribution >= 4 is 17.5 Å². The second-order valence-electron chi connectivity index (χ2n) is 7.66. The van der Waals surface area contributed by atoms with Crippen LogP contribution in [-0.4, -0.2) is 50.3 Å². The highest BCUT2D eigenvalue weighted by Crippen LogP contribution is 2.39. The number of Topliss-reactive ketones (excluding diaryl/α,β-unsaturated/α-hetero) is 1. The number of hydrogen-bond donors (Lipinski definition) is 1. The van der Waals surface area contributed by atoms with E-state index in [4.69, 9.17) is 24.5 Å². The normalized spacial score (nSPS) is 11.8. The Kier molecular flexibility index (Phi) is 8.41. The number of nitrogens with two attached hydrogens (primary N) is 1. The molecule has 1 unspecified atom stereocenters. The van der Waals surface area contributed by atoms with E-state index >= 15 is 0 Å². The predicted molar refractivity (Wildman–Crippen MR) is 131 cm³/mol. The summed E-state index contributed by atoms with van der Waals surface area (Å²) in [6, 6.07) is 9.05. The van der Waals surface area contributed by atoms with E-state index in [2.05, 4.69) is 5.16 Å². The zero-order valence-electron chi connectivity index (χ0n) is 19.6. The summed E-state index contributed by atoms with van der Waals surface area (Å²) in [6.07, 6.45) is 4.44. The molecule has 0 amide bonds. The summed E-state index contributed by atoms with van der Waals surface area (Å²) < 4.78 is 21.8. The van der Waals surface area contributed by atoms with Gasteiger partial charge in [0.05, 0.1) is 27.4 Å². The first-order valence-corrected chi connectivity index (χ1v) is 11.9. The number of carbonyl (C=O) groups excluding carboxylic acids is 1. The van der Waals surface area contributed by atoms with Crippen LogP contribution in [0.1, 0.15) is 17.5 Å². The number of carbonyl (C=O) groups is 1. The molecule has 0 aliphatic carbocycles. The highest BCUT2D eigenvalue weighted by atomic mass is 32.2. The fourth-order valence-corrected chi connectivity index (χ4v) is 4.24. The Morgan fingerprint density at radius 3 is 2.52 bits per heavy atom. The maximum Gasteiger partial charge on any atom is 0.163 e. The van der Waals surface area contributed by atoms with E-state index in [-0.39, 0.29) is 12.2 Å². The van der Waals surface area contributed by atoms with E-state index < -0.39 is 6.04 Å². The molecule has 0 saturated heterocycles. The Labute approximate surface area is 198 Å². The number of benzene rings is 2. The van der Waals surface area contributed by atoms with Crippen molar-refractivity contribution in [1.82, 2.24) is 5.16 Å². The van der Waals surface area contributed by atoms with Gasteiger partial charge in [-0.2, -0.15) is 11.8 Å². The van der Waals surface area contributed by atoms with Gasteiger partial charge < -0.3 is 24.5 Å². The lowest BCUT2D eigenvalue weighted by Crippen LogP contribution is -2.32. The van der Waals surface area contributed by atoms with Gasteiger partial charge in [0.1, 0.15) is 17.7 Å². The van der Waals surface area contributed by atoms with Crippen LogP contribution >= 0.6 is 11.8 Å². The van der Waals surface area contributed by atoms with Gasteiger partial charge in [-0.05, 0) is 60.7 Å². The van der Waals surface area contributed by atoms with E-state index in [0.29, 0.717) is 29.4 Å². The molecule has 176 valence electrons. The van der Waals surface area contributed by atoms with E-state index in [1.165, 1.54) is 0 Å². The Hall–Kier alpha value is -2.97. The van der Waals surface area contributed by atoms with Gasteiger partial charge in [0.15, 0.2) is 17.3 Å². The number of methoxy groups -OCH3 is 3. The highest BCUT2D eigenvalue weighted by molar-refractivity contribution is 7.98. The molecule has 3 rings (SSSR count). The van der Waals surface area contributed by atoms with Crippen LogP contribution in [0.25, 0.3) is 22.4 Å². The third-order valence-corrected chi connectivity index (χ3v) is 6.15. The van der Waals surface area contributed by atoms with Crippen molar-refractivity contribution in [3.63, 3.8) is 0 Å². The number of aryl methyl sites for hydroxylation is 1. The average Bonchev–Trinajstić information content (AvgIpc) is 3.31. The summed E-state index contributed by atoms with van der Waals surface area (Å²) >= 11 is 1.68. The van der Waals surface area contributed by atoms with Crippen LogP contribution in [-0.2, 0) is 11.2 Å². The summed E-state index contributed by atoms with van der Waals surface area (Å²) in [5.74, 6) is 2.76. The zero-order chi connectivity index (χ0) is 24.0. The summed E-state index contributed by atoms with van der Waals surface area (Å²) in [4.78, 5) is 12.7. The van der Waals surface area contributed by atoms with Gasteiger partial charge in [-0.3, -0.25) is 4.79 Å². The Balaban J connectivity index is 1.98. The van der Waals surface area contributed by atoms with Crippen LogP contribution in [0.5, 0.6) is 17.2 Å². The molecule has 33 heavy (non-hydrogen) atoms. The molecule has 0 aliphatic rings. The molecule has 7 nitrogen and oxygen atoms in total. The second-order valence-corrected chi connectivity index (χ2v) is 8.65. The lowest BCUT2D eigenvalue weighted by molar-refractivity contribution is -0.119. The third kappa shape index (κ3) is 5.51. The number of ketones is 1. The van der Waals surface area contributed by atoms with Crippen LogP contribution in [0, 0.1) is 6.92 Å². The summed E-state index contributed by atoms with van der Waals surface area (Å²) in [7, 11) is 4.80. The maximum absolute atomic E-state index is 12.7. The minimum atomic E-state index is -0.494. The van der Waals surface area contributed by atoms with Crippen LogP contribution in [0.3, 0.4) is 0 Å². The van der Waals surface area contributed by atoms with Gasteiger partial charge in [0, 0.05) is 23.1 Å². The molecular weight excluding hydrogens is 440 g/mol. The minimum absolute atomic E-state index is 0.0134. The standard InChI is InChI=1S/C25H30N2O5S/c1-15-10-18(13-23(30-3)25(15)31-4)24-19(14-32-27-24)16-6-7-22(29-2)17(11-16)12-21(28)20(26)8-9-33-5/h6-7,10-11,13-14,20H,8-9,12,26H2,1-5H3. The third-order valence-electron chi connectivity index (χ3n) is 5.51. The van der Waals surface area contributed by atoms with Crippen molar-refractivity contribution < 1.29 is 23.5 Å². The van der Waals surface area contributed by atoms with Crippen molar-refractivity contribution in [2.24, 2.45) is 5.73 Å². The minimum Gasteiger partial charge on any atom is -0.496 e. The van der Waals surface area contributed by atoms with Gasteiger partial charge in [0.2, 0.25) is 0 Å². The second kappa shape index (κ2) is 11.2. The smallest absolute Gasteiger partial charge is 0.163 e. The lowest BCUT2D eigenvalue weighted by atomic mass is 9.95. The highest BCUT2D eigenvalue weighted by Gasteiger charge is 2.20. The van der Waals surface area contributed by atoms with Gasteiger partial charge >= 0.3 is 0 Å². The van der Waals surface area contributed by atoms with Crippen molar-refractivity contribution in [2.45, 2.75) is 25.8 Å². The molecule has 0 bridgehead atoms. The first kappa shape index (κ1) is 24.7. The van der Waals surface area contributed by atoms with Crippen molar-refractivity contribution in [3.8, 4) is 39.6 Å². The quantitative estimate of drug-likeness (QED) is 0.436. The molecule has 0 fully saturated rings. The Bertz CT molecular complexity index is 1110.